The van der Waals surface area contributed by atoms with Crippen LogP contribution in [0.25, 0.3) is 0 Å². The molecule has 0 amide bonds. The normalized spacial score (nSPS) is 10.2. The van der Waals surface area contributed by atoms with E-state index in [9.17, 15) is 0 Å². The van der Waals surface area contributed by atoms with E-state index in [-0.39, 0.29) is 0 Å². The second-order valence-corrected chi connectivity index (χ2v) is 4.28. The van der Waals surface area contributed by atoms with Gasteiger partial charge in [0.05, 0.1) is 18.5 Å². The van der Waals surface area contributed by atoms with Crippen molar-refractivity contribution in [2.45, 2.75) is 6.54 Å². The van der Waals surface area contributed by atoms with Crippen LogP contribution in [0.3, 0.4) is 0 Å². The van der Waals surface area contributed by atoms with E-state index in [0.717, 1.165) is 16.9 Å². The van der Waals surface area contributed by atoms with Crippen LogP contribution in [0.2, 0.25) is 0 Å². The Morgan fingerprint density at radius 3 is 2.70 bits per heavy atom. The maximum atomic E-state index is 5.89. The number of ether oxygens (including phenoxy) is 2. The fourth-order valence-corrected chi connectivity index (χ4v) is 1.69. The van der Waals surface area contributed by atoms with Crippen LogP contribution in [-0.2, 0) is 11.3 Å². The summed E-state index contributed by atoms with van der Waals surface area (Å²) in [6, 6.07) is 11.5. The summed E-state index contributed by atoms with van der Waals surface area (Å²) in [6.45, 7) is 1.71. The van der Waals surface area contributed by atoms with Gasteiger partial charge in [-0.3, -0.25) is 0 Å². The quantitative estimate of drug-likeness (QED) is 0.598. The lowest BCUT2D eigenvalue weighted by atomic mass is 10.2. The third-order valence-corrected chi connectivity index (χ3v) is 2.81. The Morgan fingerprint density at radius 1 is 1.15 bits per heavy atom. The van der Waals surface area contributed by atoms with Gasteiger partial charge >= 0.3 is 0 Å². The third kappa shape index (κ3) is 4.13. The van der Waals surface area contributed by atoms with Crippen molar-refractivity contribution in [2.75, 3.05) is 31.4 Å². The molecular weight excluding hydrogens is 254 g/mol. The van der Waals surface area contributed by atoms with E-state index in [1.54, 1.807) is 13.3 Å². The van der Waals surface area contributed by atoms with E-state index in [1.165, 1.54) is 0 Å². The Labute approximate surface area is 118 Å². The minimum absolute atomic E-state index is 0.497. The van der Waals surface area contributed by atoms with Gasteiger partial charge in [-0.1, -0.05) is 18.2 Å². The predicted octanol–water partition coefficient (Wildman–Crippen LogP) is 2.30. The molecule has 0 saturated heterocycles. The summed E-state index contributed by atoms with van der Waals surface area (Å²) in [4.78, 5) is 4.21. The maximum absolute atomic E-state index is 5.89. The Hall–Kier alpha value is -2.27. The van der Waals surface area contributed by atoms with E-state index in [0.29, 0.717) is 25.6 Å². The van der Waals surface area contributed by atoms with Gasteiger partial charge in [-0.2, -0.15) is 0 Å². The molecule has 2 rings (SSSR count). The highest BCUT2D eigenvalue weighted by Crippen LogP contribution is 2.15. The van der Waals surface area contributed by atoms with Gasteiger partial charge in [0.15, 0.2) is 0 Å². The minimum atomic E-state index is 0.497. The number of nitrogens with zero attached hydrogens (tertiary/aromatic N) is 1. The van der Waals surface area contributed by atoms with Crippen molar-refractivity contribution >= 4 is 11.4 Å². The van der Waals surface area contributed by atoms with Crippen LogP contribution in [0.15, 0.2) is 42.6 Å². The molecule has 2 aromatic rings. The zero-order valence-corrected chi connectivity index (χ0v) is 11.5. The van der Waals surface area contributed by atoms with Crippen LogP contribution in [0.5, 0.6) is 5.88 Å². The fourth-order valence-electron chi connectivity index (χ4n) is 1.69. The zero-order valence-electron chi connectivity index (χ0n) is 11.5. The molecule has 5 nitrogen and oxygen atoms in total. The predicted molar refractivity (Wildman–Crippen MR) is 79.8 cm³/mol. The molecule has 0 radical (unpaired) electrons. The van der Waals surface area contributed by atoms with Crippen LogP contribution in [0.1, 0.15) is 5.56 Å². The van der Waals surface area contributed by atoms with Crippen molar-refractivity contribution < 1.29 is 9.47 Å². The van der Waals surface area contributed by atoms with Crippen LogP contribution in [-0.4, -0.2) is 25.3 Å². The van der Waals surface area contributed by atoms with E-state index in [1.807, 2.05) is 36.4 Å². The number of methoxy groups -OCH3 is 1. The van der Waals surface area contributed by atoms with Crippen LogP contribution >= 0.6 is 0 Å². The molecule has 0 aliphatic carbocycles. The number of hydrogen-bond donors (Lipinski definition) is 2. The second kappa shape index (κ2) is 7.35. The molecule has 0 fully saturated rings. The molecule has 20 heavy (non-hydrogen) atoms. The van der Waals surface area contributed by atoms with Crippen molar-refractivity contribution in [2.24, 2.45) is 0 Å². The largest absolute Gasteiger partial charge is 0.475 e. The van der Waals surface area contributed by atoms with E-state index in [4.69, 9.17) is 15.2 Å². The van der Waals surface area contributed by atoms with Gasteiger partial charge in [0, 0.05) is 25.4 Å². The first-order valence-corrected chi connectivity index (χ1v) is 6.44. The van der Waals surface area contributed by atoms with Crippen molar-refractivity contribution in [3.05, 3.63) is 48.2 Å². The van der Waals surface area contributed by atoms with Gasteiger partial charge < -0.3 is 20.5 Å². The lowest BCUT2D eigenvalue weighted by molar-refractivity contribution is 0.144. The van der Waals surface area contributed by atoms with E-state index < -0.39 is 0 Å². The Balaban J connectivity index is 1.86. The van der Waals surface area contributed by atoms with Gasteiger partial charge in [-0.15, -0.1) is 0 Å². The van der Waals surface area contributed by atoms with Crippen LogP contribution in [0.4, 0.5) is 11.4 Å². The number of nitrogens with one attached hydrogen (secondary N) is 1. The van der Waals surface area contributed by atoms with Gasteiger partial charge in [0.2, 0.25) is 5.88 Å². The molecule has 3 N–H and O–H groups in total. The number of hydrogen-bond acceptors (Lipinski definition) is 5. The lowest BCUT2D eigenvalue weighted by Gasteiger charge is -2.09. The second-order valence-electron chi connectivity index (χ2n) is 4.28. The van der Waals surface area contributed by atoms with Crippen LogP contribution in [0, 0.1) is 0 Å². The molecule has 1 aromatic heterocycles. The summed E-state index contributed by atoms with van der Waals surface area (Å²) >= 11 is 0. The average molecular weight is 273 g/mol. The molecule has 0 spiro atoms. The van der Waals surface area contributed by atoms with Crippen molar-refractivity contribution in [3.8, 4) is 5.88 Å². The number of benzene rings is 1. The molecule has 0 aliphatic rings. The lowest BCUT2D eigenvalue weighted by Crippen LogP contribution is -2.06. The molecule has 0 saturated carbocycles. The number of nitrogens with two attached hydrogens (primary N) is 1. The molecule has 5 heteroatoms. The highest BCUT2D eigenvalue weighted by atomic mass is 16.5. The molecule has 0 unspecified atom stereocenters. The van der Waals surface area contributed by atoms with Gasteiger partial charge in [0.25, 0.3) is 0 Å². The monoisotopic (exact) mass is 273 g/mol. The minimum Gasteiger partial charge on any atom is -0.475 e. The van der Waals surface area contributed by atoms with Crippen LogP contribution < -0.4 is 15.8 Å². The molecule has 0 aliphatic heterocycles. The van der Waals surface area contributed by atoms with Crippen molar-refractivity contribution in [1.29, 1.82) is 0 Å². The maximum Gasteiger partial charge on any atom is 0.213 e. The Bertz CT molecular complexity index is 529. The Morgan fingerprint density at radius 2 is 2.00 bits per heavy atom. The molecular formula is C15H19N3O2. The molecule has 1 heterocycles. The van der Waals surface area contributed by atoms with Gasteiger partial charge in [0.1, 0.15) is 6.61 Å². The average Bonchev–Trinajstić information content (AvgIpc) is 2.48. The first-order valence-electron chi connectivity index (χ1n) is 6.44. The summed E-state index contributed by atoms with van der Waals surface area (Å²) in [5, 5.41) is 3.27. The first kappa shape index (κ1) is 14.1. The number of para-hydroxylation sites is 1. The number of nitrogen functional groups attached to an aromatic ring is 1. The first-order chi connectivity index (χ1) is 9.79. The fraction of sp³-hybridized carbons (Fsp3) is 0.267. The van der Waals surface area contributed by atoms with Crippen molar-refractivity contribution in [1.82, 2.24) is 4.98 Å². The third-order valence-electron chi connectivity index (χ3n) is 2.81. The summed E-state index contributed by atoms with van der Waals surface area (Å²) in [7, 11) is 1.64. The summed E-state index contributed by atoms with van der Waals surface area (Å²) < 4.78 is 10.3. The Kier molecular flexibility index (Phi) is 5.20. The molecule has 1 aromatic carbocycles. The van der Waals surface area contributed by atoms with E-state index in [2.05, 4.69) is 10.3 Å². The number of aromatic nitrogens is 1. The van der Waals surface area contributed by atoms with E-state index >= 15 is 0 Å². The smallest absolute Gasteiger partial charge is 0.213 e. The van der Waals surface area contributed by atoms with Crippen molar-refractivity contribution in [3.63, 3.8) is 0 Å². The van der Waals surface area contributed by atoms with Gasteiger partial charge in [-0.05, 0) is 17.7 Å². The van der Waals surface area contributed by atoms with Gasteiger partial charge in [-0.25, -0.2) is 4.98 Å². The molecule has 0 bridgehead atoms. The molecule has 106 valence electrons. The zero-order chi connectivity index (χ0) is 14.2. The topological polar surface area (TPSA) is 69.4 Å². The number of rotatable bonds is 7. The highest BCUT2D eigenvalue weighted by molar-refractivity contribution is 5.49. The summed E-state index contributed by atoms with van der Waals surface area (Å²) in [6.07, 6.45) is 1.74. The SMILES string of the molecule is COCCOc1ccc(NCc2ccccc2N)cn1. The standard InChI is InChI=1S/C15H19N3O2/c1-19-8-9-20-15-7-6-13(11-18-15)17-10-12-4-2-3-5-14(12)16/h2-7,11,17H,8-10,16H2,1H3. The summed E-state index contributed by atoms with van der Waals surface area (Å²) in [5.74, 6) is 0.590. The number of pyridine rings is 1. The highest BCUT2D eigenvalue weighted by Gasteiger charge is 1.99. The number of anilines is 2. The summed E-state index contributed by atoms with van der Waals surface area (Å²) in [5.41, 5.74) is 8.66. The molecule has 0 atom stereocenters.